The SMILES string of the molecule is CCOC(=O)c1cc2c(-c3ccc(C(F)(F)F)cc3)cccc2n1Cc1ccc(Cl)c(Cl)c1. The molecule has 3 aromatic carbocycles. The van der Waals surface area contributed by atoms with Gasteiger partial charge in [-0.2, -0.15) is 13.2 Å². The summed E-state index contributed by atoms with van der Waals surface area (Å²) < 4.78 is 46.0. The molecule has 0 fully saturated rings. The molecule has 0 aliphatic heterocycles. The molecule has 8 heteroatoms. The standard InChI is InChI=1S/C25H18Cl2F3NO2/c1-2-33-24(32)23-13-19-18(16-7-9-17(10-8-16)25(28,29)30)4-3-5-22(19)31(23)14-15-6-11-20(26)21(27)12-15/h3-13H,2,14H2,1H3. The predicted octanol–water partition coefficient (Wildman–Crippen LogP) is 7.86. The minimum absolute atomic E-state index is 0.207. The van der Waals surface area contributed by atoms with Gasteiger partial charge < -0.3 is 9.30 Å². The summed E-state index contributed by atoms with van der Waals surface area (Å²) >= 11 is 12.2. The van der Waals surface area contributed by atoms with Crippen LogP contribution in [0.25, 0.3) is 22.0 Å². The van der Waals surface area contributed by atoms with Crippen molar-refractivity contribution in [3.05, 3.63) is 93.6 Å². The fourth-order valence-corrected chi connectivity index (χ4v) is 4.06. The lowest BCUT2D eigenvalue weighted by Crippen LogP contribution is -2.12. The van der Waals surface area contributed by atoms with Crippen molar-refractivity contribution in [2.24, 2.45) is 0 Å². The van der Waals surface area contributed by atoms with E-state index in [-0.39, 0.29) is 6.61 Å². The Balaban J connectivity index is 1.85. The quantitative estimate of drug-likeness (QED) is 0.266. The Kier molecular flexibility index (Phi) is 6.41. The molecule has 0 bridgehead atoms. The van der Waals surface area contributed by atoms with Crippen LogP contribution in [0.1, 0.15) is 28.5 Å². The summed E-state index contributed by atoms with van der Waals surface area (Å²) in [4.78, 5) is 12.7. The van der Waals surface area contributed by atoms with E-state index in [9.17, 15) is 18.0 Å². The minimum atomic E-state index is -4.41. The van der Waals surface area contributed by atoms with Crippen LogP contribution in [0.2, 0.25) is 10.0 Å². The summed E-state index contributed by atoms with van der Waals surface area (Å²) in [6, 6.07) is 17.3. The molecular formula is C25H18Cl2F3NO2. The van der Waals surface area contributed by atoms with Gasteiger partial charge in [-0.3, -0.25) is 0 Å². The Morgan fingerprint density at radius 2 is 1.70 bits per heavy atom. The van der Waals surface area contributed by atoms with Gasteiger partial charge in [0.25, 0.3) is 0 Å². The molecule has 0 amide bonds. The van der Waals surface area contributed by atoms with Crippen molar-refractivity contribution in [2.45, 2.75) is 19.6 Å². The largest absolute Gasteiger partial charge is 0.461 e. The molecule has 0 saturated heterocycles. The zero-order chi connectivity index (χ0) is 23.8. The molecule has 33 heavy (non-hydrogen) atoms. The molecule has 0 saturated carbocycles. The van der Waals surface area contributed by atoms with Crippen LogP contribution in [0.15, 0.2) is 66.7 Å². The number of carbonyl (C=O) groups excluding carboxylic acids is 1. The van der Waals surface area contributed by atoms with Crippen LogP contribution < -0.4 is 0 Å². The molecule has 170 valence electrons. The van der Waals surface area contributed by atoms with Gasteiger partial charge in [0.2, 0.25) is 0 Å². The average Bonchev–Trinajstić information content (AvgIpc) is 3.14. The van der Waals surface area contributed by atoms with Gasteiger partial charge in [-0.05, 0) is 60.0 Å². The number of nitrogens with zero attached hydrogens (tertiary/aromatic N) is 1. The molecule has 4 aromatic rings. The lowest BCUT2D eigenvalue weighted by molar-refractivity contribution is -0.137. The first kappa shape index (κ1) is 23.2. The normalized spacial score (nSPS) is 11.7. The average molecular weight is 492 g/mol. The third-order valence-electron chi connectivity index (χ3n) is 5.28. The summed E-state index contributed by atoms with van der Waals surface area (Å²) in [7, 11) is 0. The molecule has 0 atom stereocenters. The smallest absolute Gasteiger partial charge is 0.416 e. The van der Waals surface area contributed by atoms with Crippen LogP contribution in [0.5, 0.6) is 0 Å². The molecule has 0 radical (unpaired) electrons. The number of rotatable bonds is 5. The second-order valence-electron chi connectivity index (χ2n) is 7.40. The highest BCUT2D eigenvalue weighted by atomic mass is 35.5. The number of esters is 1. The zero-order valence-corrected chi connectivity index (χ0v) is 18.9. The number of halogens is 5. The van der Waals surface area contributed by atoms with Crippen molar-refractivity contribution in [2.75, 3.05) is 6.61 Å². The fraction of sp³-hybridized carbons (Fsp3) is 0.160. The molecule has 4 rings (SSSR count). The van der Waals surface area contributed by atoms with Crippen LogP contribution in [0.3, 0.4) is 0 Å². The van der Waals surface area contributed by atoms with E-state index in [1.807, 2.05) is 18.2 Å². The Hall–Kier alpha value is -2.96. The van der Waals surface area contributed by atoms with E-state index < -0.39 is 17.7 Å². The number of carbonyl (C=O) groups is 1. The van der Waals surface area contributed by atoms with Gasteiger partial charge >= 0.3 is 12.1 Å². The Labute approximate surface area is 198 Å². The maximum Gasteiger partial charge on any atom is 0.416 e. The van der Waals surface area contributed by atoms with Gasteiger partial charge in [-0.15, -0.1) is 0 Å². The second kappa shape index (κ2) is 9.12. The van der Waals surface area contributed by atoms with Crippen molar-refractivity contribution >= 4 is 40.1 Å². The Morgan fingerprint density at radius 1 is 0.970 bits per heavy atom. The minimum Gasteiger partial charge on any atom is -0.461 e. The number of alkyl halides is 3. The van der Waals surface area contributed by atoms with Crippen molar-refractivity contribution in [1.29, 1.82) is 0 Å². The van der Waals surface area contributed by atoms with E-state index in [0.717, 1.165) is 28.6 Å². The number of fused-ring (bicyclic) bond motifs is 1. The van der Waals surface area contributed by atoms with Crippen molar-refractivity contribution in [1.82, 2.24) is 4.57 Å². The molecule has 0 aliphatic carbocycles. The van der Waals surface area contributed by atoms with Gasteiger partial charge in [0.15, 0.2) is 0 Å². The van der Waals surface area contributed by atoms with Crippen molar-refractivity contribution < 1.29 is 22.7 Å². The molecule has 0 N–H and O–H groups in total. The summed E-state index contributed by atoms with van der Waals surface area (Å²) in [6.07, 6.45) is -4.41. The molecule has 0 unspecified atom stereocenters. The third kappa shape index (κ3) is 4.72. The molecule has 1 heterocycles. The van der Waals surface area contributed by atoms with E-state index in [1.54, 1.807) is 35.8 Å². The number of hydrogen-bond acceptors (Lipinski definition) is 2. The van der Waals surface area contributed by atoms with E-state index in [0.29, 0.717) is 33.4 Å². The van der Waals surface area contributed by atoms with Gasteiger partial charge in [-0.25, -0.2) is 4.79 Å². The first-order valence-electron chi connectivity index (χ1n) is 10.1. The maximum absolute atomic E-state index is 13.0. The molecule has 0 spiro atoms. The van der Waals surface area contributed by atoms with E-state index >= 15 is 0 Å². The summed E-state index contributed by atoms with van der Waals surface area (Å²) in [5.74, 6) is -0.493. The third-order valence-corrected chi connectivity index (χ3v) is 6.02. The number of hydrogen-bond donors (Lipinski definition) is 0. The van der Waals surface area contributed by atoms with Crippen molar-refractivity contribution in [3.63, 3.8) is 0 Å². The number of benzene rings is 3. The van der Waals surface area contributed by atoms with Crippen LogP contribution in [-0.4, -0.2) is 17.1 Å². The second-order valence-corrected chi connectivity index (χ2v) is 8.21. The topological polar surface area (TPSA) is 31.2 Å². The van der Waals surface area contributed by atoms with Gasteiger partial charge in [-0.1, -0.05) is 53.5 Å². The summed E-state index contributed by atoms with van der Waals surface area (Å²) in [5, 5.41) is 1.54. The molecule has 0 aliphatic rings. The molecular weight excluding hydrogens is 474 g/mol. The first-order chi connectivity index (χ1) is 15.7. The highest BCUT2D eigenvalue weighted by Crippen LogP contribution is 2.35. The van der Waals surface area contributed by atoms with Gasteiger partial charge in [0.05, 0.1) is 22.2 Å². The Bertz CT molecular complexity index is 1330. The maximum atomic E-state index is 13.0. The highest BCUT2D eigenvalue weighted by Gasteiger charge is 2.30. The van der Waals surface area contributed by atoms with E-state index in [1.165, 1.54) is 12.1 Å². The number of ether oxygens (including phenoxy) is 1. The van der Waals surface area contributed by atoms with Gasteiger partial charge in [0.1, 0.15) is 5.69 Å². The summed E-state index contributed by atoms with van der Waals surface area (Å²) in [5.41, 5.74) is 2.49. The van der Waals surface area contributed by atoms with E-state index in [4.69, 9.17) is 27.9 Å². The monoisotopic (exact) mass is 491 g/mol. The first-order valence-corrected chi connectivity index (χ1v) is 10.9. The lowest BCUT2D eigenvalue weighted by Gasteiger charge is -2.12. The molecule has 1 aromatic heterocycles. The van der Waals surface area contributed by atoms with E-state index in [2.05, 4.69) is 0 Å². The Morgan fingerprint density at radius 3 is 2.33 bits per heavy atom. The molecule has 3 nitrogen and oxygen atoms in total. The van der Waals surface area contributed by atoms with Crippen LogP contribution in [0.4, 0.5) is 13.2 Å². The summed E-state index contributed by atoms with van der Waals surface area (Å²) in [6.45, 7) is 2.25. The van der Waals surface area contributed by atoms with Crippen molar-refractivity contribution in [3.8, 4) is 11.1 Å². The predicted molar refractivity (Wildman–Crippen MR) is 124 cm³/mol. The number of aromatic nitrogens is 1. The van der Waals surface area contributed by atoms with Gasteiger partial charge in [0, 0.05) is 17.4 Å². The lowest BCUT2D eigenvalue weighted by atomic mass is 10.0. The fourth-order valence-electron chi connectivity index (χ4n) is 3.74. The van der Waals surface area contributed by atoms with Crippen LogP contribution >= 0.6 is 23.2 Å². The highest BCUT2D eigenvalue weighted by molar-refractivity contribution is 6.42. The van der Waals surface area contributed by atoms with Crippen LogP contribution in [0, 0.1) is 0 Å². The van der Waals surface area contributed by atoms with Crippen LogP contribution in [-0.2, 0) is 17.5 Å². The zero-order valence-electron chi connectivity index (χ0n) is 17.4.